The van der Waals surface area contributed by atoms with Gasteiger partial charge in [-0.15, -0.1) is 0 Å². The Hall–Kier alpha value is -1.18. The van der Waals surface area contributed by atoms with Gasteiger partial charge >= 0.3 is 0 Å². The smallest absolute Gasteiger partial charge is 0.258 e. The normalized spacial score (nSPS) is 18.1. The van der Waals surface area contributed by atoms with Crippen LogP contribution in [0.4, 0.5) is 5.69 Å². The summed E-state index contributed by atoms with van der Waals surface area (Å²) in [7, 11) is -3.84. The van der Waals surface area contributed by atoms with Crippen molar-refractivity contribution in [2.24, 2.45) is 5.92 Å². The van der Waals surface area contributed by atoms with Crippen molar-refractivity contribution in [2.75, 3.05) is 13.1 Å². The molecule has 6 nitrogen and oxygen atoms in total. The number of sulfonamides is 1. The largest absolute Gasteiger partial charge is 0.290 e. The van der Waals surface area contributed by atoms with Crippen LogP contribution in [0.5, 0.6) is 0 Å². The highest BCUT2D eigenvalue weighted by Gasteiger charge is 2.33. The van der Waals surface area contributed by atoms with Gasteiger partial charge in [0.05, 0.1) is 4.92 Å². The fraction of sp³-hybridized carbons (Fsp3) is 0.500. The van der Waals surface area contributed by atoms with Crippen LogP contribution < -0.4 is 0 Å². The van der Waals surface area contributed by atoms with Gasteiger partial charge in [0.25, 0.3) is 5.69 Å². The van der Waals surface area contributed by atoms with E-state index in [1.165, 1.54) is 16.4 Å². The minimum atomic E-state index is -3.84. The quantitative estimate of drug-likeness (QED) is 0.634. The van der Waals surface area contributed by atoms with Crippen LogP contribution in [0.1, 0.15) is 19.8 Å². The number of halogens is 1. The second kappa shape index (κ2) is 5.67. The van der Waals surface area contributed by atoms with Crippen LogP contribution in [0.2, 0.25) is 5.02 Å². The van der Waals surface area contributed by atoms with Gasteiger partial charge in [0.2, 0.25) is 10.0 Å². The third-order valence-electron chi connectivity index (χ3n) is 3.48. The minimum absolute atomic E-state index is 0.142. The molecule has 0 N–H and O–H groups in total. The molecule has 0 aliphatic carbocycles. The van der Waals surface area contributed by atoms with Gasteiger partial charge in [0.15, 0.2) is 4.90 Å². The van der Waals surface area contributed by atoms with E-state index in [9.17, 15) is 18.5 Å². The average molecular weight is 319 g/mol. The predicted molar refractivity (Wildman–Crippen MR) is 75.3 cm³/mol. The number of hydrogen-bond donors (Lipinski definition) is 0. The monoisotopic (exact) mass is 318 g/mol. The molecule has 1 saturated heterocycles. The Morgan fingerprint density at radius 3 is 2.50 bits per heavy atom. The van der Waals surface area contributed by atoms with E-state index in [1.807, 2.05) is 0 Å². The first-order chi connectivity index (χ1) is 9.32. The minimum Gasteiger partial charge on any atom is -0.258 e. The molecule has 8 heteroatoms. The molecule has 0 aromatic heterocycles. The van der Waals surface area contributed by atoms with Crippen molar-refractivity contribution in [3.8, 4) is 0 Å². The van der Waals surface area contributed by atoms with Crippen molar-refractivity contribution in [1.82, 2.24) is 4.31 Å². The van der Waals surface area contributed by atoms with E-state index in [-0.39, 0.29) is 9.92 Å². The molecule has 0 amide bonds. The summed E-state index contributed by atoms with van der Waals surface area (Å²) in [5, 5.41) is 11.2. The Kier molecular flexibility index (Phi) is 4.31. The molecule has 20 heavy (non-hydrogen) atoms. The van der Waals surface area contributed by atoms with Gasteiger partial charge in [-0.05, 0) is 30.9 Å². The van der Waals surface area contributed by atoms with E-state index in [4.69, 9.17) is 11.6 Å². The van der Waals surface area contributed by atoms with E-state index in [2.05, 4.69) is 6.92 Å². The van der Waals surface area contributed by atoms with Gasteiger partial charge in [-0.2, -0.15) is 4.31 Å². The van der Waals surface area contributed by atoms with Crippen molar-refractivity contribution >= 4 is 27.3 Å². The number of benzene rings is 1. The predicted octanol–water partition coefficient (Wildman–Crippen LogP) is 2.67. The summed E-state index contributed by atoms with van der Waals surface area (Å²) in [6, 6.07) is 3.63. The number of nitro groups is 1. The molecule has 0 saturated carbocycles. The summed E-state index contributed by atoms with van der Waals surface area (Å²) in [6.07, 6.45) is 1.53. The van der Waals surface area contributed by atoms with Crippen LogP contribution in [0.25, 0.3) is 0 Å². The Morgan fingerprint density at radius 2 is 1.95 bits per heavy atom. The summed E-state index contributed by atoms with van der Waals surface area (Å²) in [5.41, 5.74) is -0.476. The van der Waals surface area contributed by atoms with Crippen LogP contribution in [-0.4, -0.2) is 30.7 Å². The lowest BCUT2D eigenvalue weighted by atomic mass is 10.0. The van der Waals surface area contributed by atoms with Gasteiger partial charge in [-0.1, -0.05) is 18.5 Å². The van der Waals surface area contributed by atoms with Crippen molar-refractivity contribution in [1.29, 1.82) is 0 Å². The maximum absolute atomic E-state index is 12.5. The van der Waals surface area contributed by atoms with Crippen LogP contribution in [-0.2, 0) is 10.0 Å². The lowest BCUT2D eigenvalue weighted by Gasteiger charge is -2.29. The SMILES string of the molecule is CC1CCN(S(=O)(=O)c2ccc(Cl)cc2[N+](=O)[O-])CC1. The van der Waals surface area contributed by atoms with Crippen molar-refractivity contribution in [3.05, 3.63) is 33.3 Å². The summed E-state index contributed by atoms with van der Waals surface area (Å²) < 4.78 is 26.3. The summed E-state index contributed by atoms with van der Waals surface area (Å²) in [5.74, 6) is 0.474. The fourth-order valence-electron chi connectivity index (χ4n) is 2.22. The zero-order valence-corrected chi connectivity index (χ0v) is 12.5. The molecule has 1 aromatic rings. The summed E-state index contributed by atoms with van der Waals surface area (Å²) in [6.45, 7) is 2.85. The van der Waals surface area contributed by atoms with Gasteiger partial charge in [0, 0.05) is 24.2 Å². The highest BCUT2D eigenvalue weighted by atomic mass is 35.5. The first-order valence-electron chi connectivity index (χ1n) is 6.26. The first-order valence-corrected chi connectivity index (χ1v) is 8.08. The van der Waals surface area contributed by atoms with Crippen molar-refractivity contribution in [2.45, 2.75) is 24.7 Å². The van der Waals surface area contributed by atoms with E-state index in [1.54, 1.807) is 0 Å². The number of nitro benzene ring substituents is 1. The fourth-order valence-corrected chi connectivity index (χ4v) is 3.99. The first kappa shape index (κ1) is 15.2. The maximum atomic E-state index is 12.5. The zero-order chi connectivity index (χ0) is 14.9. The Bertz CT molecular complexity index is 624. The molecule has 0 spiro atoms. The second-order valence-corrected chi connectivity index (χ2v) is 7.30. The third kappa shape index (κ3) is 2.94. The number of rotatable bonds is 3. The number of hydrogen-bond acceptors (Lipinski definition) is 4. The lowest BCUT2D eigenvalue weighted by Crippen LogP contribution is -2.38. The van der Waals surface area contributed by atoms with E-state index in [0.29, 0.717) is 19.0 Å². The Balaban J connectivity index is 2.42. The average Bonchev–Trinajstić information content (AvgIpc) is 2.38. The molecule has 1 aromatic carbocycles. The van der Waals surface area contributed by atoms with Crippen LogP contribution in [0.15, 0.2) is 23.1 Å². The van der Waals surface area contributed by atoms with E-state index < -0.39 is 20.6 Å². The molecule has 0 bridgehead atoms. The molecule has 1 heterocycles. The highest BCUT2D eigenvalue weighted by Crippen LogP contribution is 2.31. The summed E-state index contributed by atoms with van der Waals surface area (Å²) in [4.78, 5) is 10.0. The van der Waals surface area contributed by atoms with Gasteiger partial charge in [-0.3, -0.25) is 10.1 Å². The van der Waals surface area contributed by atoms with Crippen LogP contribution >= 0.6 is 11.6 Å². The summed E-state index contributed by atoms with van der Waals surface area (Å²) >= 11 is 5.70. The molecular formula is C12H15ClN2O4S. The number of piperidine rings is 1. The molecule has 1 aliphatic rings. The molecule has 1 fully saturated rings. The molecule has 2 rings (SSSR count). The van der Waals surface area contributed by atoms with Gasteiger partial charge in [0.1, 0.15) is 0 Å². The van der Waals surface area contributed by atoms with E-state index >= 15 is 0 Å². The Morgan fingerprint density at radius 1 is 1.35 bits per heavy atom. The maximum Gasteiger partial charge on any atom is 0.290 e. The Labute approximate surface area is 122 Å². The van der Waals surface area contributed by atoms with Gasteiger partial charge < -0.3 is 0 Å². The second-order valence-electron chi connectivity index (χ2n) is 4.96. The van der Waals surface area contributed by atoms with E-state index in [0.717, 1.165) is 18.9 Å². The highest BCUT2D eigenvalue weighted by molar-refractivity contribution is 7.89. The standard InChI is InChI=1S/C12H15ClN2O4S/c1-9-4-6-14(7-5-9)20(18,19)12-3-2-10(13)8-11(12)15(16)17/h2-3,8-9H,4-7H2,1H3. The zero-order valence-electron chi connectivity index (χ0n) is 11.0. The van der Waals surface area contributed by atoms with Crippen LogP contribution in [0.3, 0.4) is 0 Å². The lowest BCUT2D eigenvalue weighted by molar-refractivity contribution is -0.387. The molecule has 110 valence electrons. The molecular weight excluding hydrogens is 304 g/mol. The third-order valence-corrected chi connectivity index (χ3v) is 5.66. The van der Waals surface area contributed by atoms with Crippen molar-refractivity contribution in [3.63, 3.8) is 0 Å². The molecule has 1 aliphatic heterocycles. The number of nitrogens with zero attached hydrogens (tertiary/aromatic N) is 2. The van der Waals surface area contributed by atoms with Crippen LogP contribution in [0, 0.1) is 16.0 Å². The van der Waals surface area contributed by atoms with Crippen molar-refractivity contribution < 1.29 is 13.3 Å². The van der Waals surface area contributed by atoms with Gasteiger partial charge in [-0.25, -0.2) is 8.42 Å². The molecule has 0 atom stereocenters. The molecule has 0 radical (unpaired) electrons. The topological polar surface area (TPSA) is 80.5 Å². The molecule has 0 unspecified atom stereocenters.